The first-order valence-corrected chi connectivity index (χ1v) is 9.79. The van der Waals surface area contributed by atoms with Gasteiger partial charge in [-0.05, 0) is 23.3 Å². The summed E-state index contributed by atoms with van der Waals surface area (Å²) < 4.78 is 5.64. The van der Waals surface area contributed by atoms with E-state index in [0.29, 0.717) is 17.9 Å². The number of ether oxygens (including phenoxy) is 1. The summed E-state index contributed by atoms with van der Waals surface area (Å²) in [5.41, 5.74) is 2.54. The minimum Gasteiger partial charge on any atom is -0.426 e. The van der Waals surface area contributed by atoms with Crippen molar-refractivity contribution >= 4 is 28.3 Å². The van der Waals surface area contributed by atoms with Crippen molar-refractivity contribution in [2.75, 3.05) is 5.32 Å². The minimum atomic E-state index is -0.327. The lowest BCUT2D eigenvalue weighted by Crippen LogP contribution is -2.15. The molecule has 0 atom stereocenters. The van der Waals surface area contributed by atoms with Crippen LogP contribution in [0.15, 0.2) is 97.1 Å². The van der Waals surface area contributed by atoms with E-state index in [1.54, 1.807) is 12.1 Å². The lowest BCUT2D eigenvalue weighted by Gasteiger charge is -2.13. The van der Waals surface area contributed by atoms with Gasteiger partial charge in [-0.15, -0.1) is 0 Å². The van der Waals surface area contributed by atoms with Crippen molar-refractivity contribution in [3.05, 3.63) is 108 Å². The van der Waals surface area contributed by atoms with Crippen molar-refractivity contribution < 1.29 is 14.3 Å². The summed E-state index contributed by atoms with van der Waals surface area (Å²) in [7, 11) is 0. The van der Waals surface area contributed by atoms with Gasteiger partial charge in [-0.1, -0.05) is 84.9 Å². The highest BCUT2D eigenvalue weighted by Gasteiger charge is 2.13. The summed E-state index contributed by atoms with van der Waals surface area (Å²) >= 11 is 0. The van der Waals surface area contributed by atoms with Gasteiger partial charge in [-0.3, -0.25) is 9.59 Å². The fraction of sp³-hybridized carbons (Fsp3) is 0.0769. The molecule has 0 radical (unpaired) electrons. The molecule has 0 saturated carbocycles. The van der Waals surface area contributed by atoms with E-state index in [4.69, 9.17) is 4.74 Å². The zero-order valence-corrected chi connectivity index (χ0v) is 16.4. The summed E-state index contributed by atoms with van der Waals surface area (Å²) in [6.45, 7) is 0. The van der Waals surface area contributed by atoms with Crippen LogP contribution < -0.4 is 10.1 Å². The Morgan fingerprint density at radius 1 is 0.633 bits per heavy atom. The maximum absolute atomic E-state index is 12.5. The van der Waals surface area contributed by atoms with Gasteiger partial charge in [-0.25, -0.2) is 0 Å². The molecule has 4 aromatic carbocycles. The first-order chi connectivity index (χ1) is 14.7. The second-order valence-corrected chi connectivity index (χ2v) is 7.00. The number of esters is 1. The number of anilines is 1. The Morgan fingerprint density at radius 2 is 1.20 bits per heavy atom. The average molecular weight is 395 g/mol. The van der Waals surface area contributed by atoms with Crippen molar-refractivity contribution in [3.8, 4) is 5.75 Å². The van der Waals surface area contributed by atoms with Gasteiger partial charge in [0.1, 0.15) is 5.75 Å². The molecule has 4 rings (SSSR count). The van der Waals surface area contributed by atoms with Crippen molar-refractivity contribution in [2.45, 2.75) is 12.8 Å². The van der Waals surface area contributed by atoms with E-state index in [-0.39, 0.29) is 18.3 Å². The van der Waals surface area contributed by atoms with Crippen LogP contribution >= 0.6 is 0 Å². The van der Waals surface area contributed by atoms with Gasteiger partial charge in [0.05, 0.1) is 12.8 Å². The van der Waals surface area contributed by atoms with E-state index in [0.717, 1.165) is 21.9 Å². The number of nitrogens with one attached hydrogen (secondary N) is 1. The topological polar surface area (TPSA) is 55.4 Å². The highest BCUT2D eigenvalue weighted by molar-refractivity contribution is 6.05. The monoisotopic (exact) mass is 395 g/mol. The van der Waals surface area contributed by atoms with E-state index in [9.17, 15) is 9.59 Å². The van der Waals surface area contributed by atoms with Crippen molar-refractivity contribution in [3.63, 3.8) is 0 Å². The van der Waals surface area contributed by atoms with Gasteiger partial charge >= 0.3 is 5.97 Å². The smallest absolute Gasteiger partial charge is 0.315 e. The largest absolute Gasteiger partial charge is 0.426 e. The van der Waals surface area contributed by atoms with Crippen molar-refractivity contribution in [2.24, 2.45) is 0 Å². The van der Waals surface area contributed by atoms with E-state index in [1.165, 1.54) is 0 Å². The number of hydrogen-bond donors (Lipinski definition) is 1. The van der Waals surface area contributed by atoms with Crippen LogP contribution in [0.3, 0.4) is 0 Å². The second kappa shape index (κ2) is 9.05. The number of rotatable bonds is 6. The zero-order valence-electron chi connectivity index (χ0n) is 16.4. The SMILES string of the molecule is O=C(Cc1ccccc1)Nc1ccc(OC(=O)Cc2ccccc2)c2ccccc12. The summed E-state index contributed by atoms with van der Waals surface area (Å²) in [6, 6.07) is 30.1. The highest BCUT2D eigenvalue weighted by Crippen LogP contribution is 2.32. The van der Waals surface area contributed by atoms with E-state index in [1.807, 2.05) is 84.9 Å². The van der Waals surface area contributed by atoms with E-state index < -0.39 is 0 Å². The maximum Gasteiger partial charge on any atom is 0.315 e. The Hall–Kier alpha value is -3.92. The predicted octanol–water partition coefficient (Wildman–Crippen LogP) is 5.17. The Bertz CT molecular complexity index is 1080. The van der Waals surface area contributed by atoms with Crippen LogP contribution in [0.5, 0.6) is 5.75 Å². The summed E-state index contributed by atoms with van der Waals surface area (Å²) in [6.07, 6.45) is 0.494. The summed E-state index contributed by atoms with van der Waals surface area (Å²) in [5.74, 6) is 0.0555. The number of benzene rings is 4. The maximum atomic E-state index is 12.5. The number of hydrogen-bond acceptors (Lipinski definition) is 3. The van der Waals surface area contributed by atoms with Crippen LogP contribution in [0.1, 0.15) is 11.1 Å². The molecule has 0 spiro atoms. The van der Waals surface area contributed by atoms with E-state index in [2.05, 4.69) is 5.32 Å². The minimum absolute atomic E-state index is 0.0971. The molecule has 0 fully saturated rings. The zero-order chi connectivity index (χ0) is 20.8. The molecule has 0 aliphatic carbocycles. The van der Waals surface area contributed by atoms with Gasteiger partial charge in [0.2, 0.25) is 5.91 Å². The van der Waals surface area contributed by atoms with Gasteiger partial charge in [0.15, 0.2) is 0 Å². The quantitative estimate of drug-likeness (QED) is 0.362. The standard InChI is InChI=1S/C26H21NO3/c28-25(17-19-9-3-1-4-10-19)27-23-15-16-24(22-14-8-7-13-21(22)23)30-26(29)18-20-11-5-2-6-12-20/h1-16H,17-18H2,(H,27,28). The fourth-order valence-corrected chi connectivity index (χ4v) is 3.37. The van der Waals surface area contributed by atoms with Crippen molar-refractivity contribution in [1.29, 1.82) is 0 Å². The van der Waals surface area contributed by atoms with Crippen LogP contribution in [-0.2, 0) is 22.4 Å². The number of carbonyl (C=O) groups is 2. The molecule has 0 saturated heterocycles. The Balaban J connectivity index is 1.52. The van der Waals surface area contributed by atoms with Crippen LogP contribution in [0.25, 0.3) is 10.8 Å². The highest BCUT2D eigenvalue weighted by atomic mass is 16.5. The van der Waals surface area contributed by atoms with E-state index >= 15 is 0 Å². The lowest BCUT2D eigenvalue weighted by molar-refractivity contribution is -0.133. The number of fused-ring (bicyclic) bond motifs is 1. The Labute approximate surface area is 175 Å². The molecule has 1 N–H and O–H groups in total. The third-order valence-corrected chi connectivity index (χ3v) is 4.78. The molecule has 0 aliphatic heterocycles. The van der Waals surface area contributed by atoms with Gasteiger partial charge in [0.25, 0.3) is 0 Å². The second-order valence-electron chi connectivity index (χ2n) is 7.00. The molecule has 0 unspecified atom stereocenters. The normalized spacial score (nSPS) is 10.5. The van der Waals surface area contributed by atoms with Crippen LogP contribution in [0, 0.1) is 0 Å². The number of amides is 1. The van der Waals surface area contributed by atoms with Gasteiger partial charge < -0.3 is 10.1 Å². The predicted molar refractivity (Wildman–Crippen MR) is 119 cm³/mol. The Kier molecular flexibility index (Phi) is 5.85. The molecule has 0 aliphatic rings. The molecule has 0 bridgehead atoms. The van der Waals surface area contributed by atoms with Crippen LogP contribution in [0.2, 0.25) is 0 Å². The first-order valence-electron chi connectivity index (χ1n) is 9.79. The molecule has 4 heteroatoms. The molecule has 30 heavy (non-hydrogen) atoms. The van der Waals surface area contributed by atoms with Gasteiger partial charge in [0, 0.05) is 16.5 Å². The number of carbonyl (C=O) groups excluding carboxylic acids is 2. The summed E-state index contributed by atoms with van der Waals surface area (Å²) in [4.78, 5) is 24.9. The molecular weight excluding hydrogens is 374 g/mol. The molecule has 0 aromatic heterocycles. The summed E-state index contributed by atoms with van der Waals surface area (Å²) in [5, 5.41) is 4.57. The first kappa shape index (κ1) is 19.4. The third-order valence-electron chi connectivity index (χ3n) is 4.78. The van der Waals surface area contributed by atoms with Gasteiger partial charge in [-0.2, -0.15) is 0 Å². The fourth-order valence-electron chi connectivity index (χ4n) is 3.37. The molecule has 4 nitrogen and oxygen atoms in total. The average Bonchev–Trinajstić information content (AvgIpc) is 2.77. The molecule has 0 heterocycles. The molecule has 1 amide bonds. The lowest BCUT2D eigenvalue weighted by atomic mass is 10.1. The third kappa shape index (κ3) is 4.73. The van der Waals surface area contributed by atoms with Crippen LogP contribution in [0.4, 0.5) is 5.69 Å². The molecular formula is C26H21NO3. The van der Waals surface area contributed by atoms with Crippen LogP contribution in [-0.4, -0.2) is 11.9 Å². The molecule has 148 valence electrons. The molecule has 4 aromatic rings. The van der Waals surface area contributed by atoms with Crippen molar-refractivity contribution in [1.82, 2.24) is 0 Å². The Morgan fingerprint density at radius 3 is 1.87 bits per heavy atom.